The molecule has 0 amide bonds. The van der Waals surface area contributed by atoms with Crippen LogP contribution >= 0.6 is 0 Å². The molecule has 0 bridgehead atoms. The third-order valence-corrected chi connectivity index (χ3v) is 2.69. The Morgan fingerprint density at radius 1 is 1.47 bits per heavy atom. The Morgan fingerprint density at radius 3 is 3.00 bits per heavy atom. The number of nitrogens with zero attached hydrogens (tertiary/aromatic N) is 2. The molecule has 0 aliphatic carbocycles. The highest BCUT2D eigenvalue weighted by Crippen LogP contribution is 2.28. The summed E-state index contributed by atoms with van der Waals surface area (Å²) < 4.78 is 18.7. The largest absolute Gasteiger partial charge is 0.495 e. The van der Waals surface area contributed by atoms with Gasteiger partial charge in [-0.2, -0.15) is 5.10 Å². The number of hydrogen-bond acceptors (Lipinski definition) is 5. The summed E-state index contributed by atoms with van der Waals surface area (Å²) in [4.78, 5) is 4.01. The zero-order valence-electron chi connectivity index (χ0n) is 10.6. The van der Waals surface area contributed by atoms with Gasteiger partial charge >= 0.3 is 0 Å². The van der Waals surface area contributed by atoms with Gasteiger partial charge in [0.15, 0.2) is 0 Å². The number of methoxy groups -OCH3 is 1. The lowest BCUT2D eigenvalue weighted by molar-refractivity contribution is 0.416. The minimum Gasteiger partial charge on any atom is -0.495 e. The van der Waals surface area contributed by atoms with Crippen LogP contribution in [0.4, 0.5) is 15.8 Å². The third-order valence-electron chi connectivity index (χ3n) is 2.69. The van der Waals surface area contributed by atoms with E-state index in [9.17, 15) is 4.39 Å². The van der Waals surface area contributed by atoms with E-state index >= 15 is 0 Å². The van der Waals surface area contributed by atoms with Crippen molar-refractivity contribution in [2.45, 2.75) is 12.8 Å². The predicted octanol–water partition coefficient (Wildman–Crippen LogP) is 1.58. The maximum atomic E-state index is 13.6. The van der Waals surface area contributed by atoms with Gasteiger partial charge in [0, 0.05) is 25.1 Å². The number of nitrogens with two attached hydrogens (primary N) is 1. The number of nitrogens with one attached hydrogen (secondary N) is 2. The highest BCUT2D eigenvalue weighted by atomic mass is 19.1. The third kappa shape index (κ3) is 3.34. The molecule has 2 aromatic rings. The van der Waals surface area contributed by atoms with Crippen LogP contribution in [-0.2, 0) is 6.42 Å². The van der Waals surface area contributed by atoms with Gasteiger partial charge in [-0.1, -0.05) is 0 Å². The predicted molar refractivity (Wildman–Crippen MR) is 70.6 cm³/mol. The first-order chi connectivity index (χ1) is 9.20. The molecule has 1 aromatic carbocycles. The molecule has 19 heavy (non-hydrogen) atoms. The number of aromatic nitrogens is 3. The maximum absolute atomic E-state index is 13.6. The molecule has 2 rings (SSSR count). The lowest BCUT2D eigenvalue weighted by Crippen LogP contribution is -2.06. The number of rotatable bonds is 6. The number of halogens is 1. The Hall–Kier alpha value is -2.31. The van der Waals surface area contributed by atoms with Gasteiger partial charge < -0.3 is 15.8 Å². The number of anilines is 2. The average molecular weight is 265 g/mol. The molecule has 0 saturated heterocycles. The van der Waals surface area contributed by atoms with Gasteiger partial charge in [-0.25, -0.2) is 9.37 Å². The van der Waals surface area contributed by atoms with E-state index < -0.39 is 5.82 Å². The van der Waals surface area contributed by atoms with Crippen molar-refractivity contribution in [2.75, 3.05) is 24.7 Å². The minimum atomic E-state index is -0.391. The minimum absolute atomic E-state index is 0.284. The Labute approximate surface area is 110 Å². The number of H-pyrrole nitrogens is 1. The van der Waals surface area contributed by atoms with Crippen LogP contribution < -0.4 is 15.8 Å². The fourth-order valence-electron chi connectivity index (χ4n) is 1.71. The van der Waals surface area contributed by atoms with Gasteiger partial charge in [0.25, 0.3) is 0 Å². The zero-order valence-corrected chi connectivity index (χ0v) is 10.6. The number of hydrogen-bond donors (Lipinski definition) is 3. The summed E-state index contributed by atoms with van der Waals surface area (Å²) in [5, 5.41) is 9.54. The molecule has 0 aliphatic heterocycles. The first-order valence-corrected chi connectivity index (χ1v) is 5.92. The molecule has 1 aromatic heterocycles. The van der Waals surface area contributed by atoms with E-state index in [0.717, 1.165) is 18.7 Å². The van der Waals surface area contributed by atoms with Gasteiger partial charge in [0.2, 0.25) is 0 Å². The molecule has 4 N–H and O–H groups in total. The van der Waals surface area contributed by atoms with Crippen LogP contribution in [0.5, 0.6) is 5.75 Å². The molecule has 0 atom stereocenters. The Balaban J connectivity index is 1.88. The van der Waals surface area contributed by atoms with Crippen molar-refractivity contribution < 1.29 is 9.13 Å². The Kier molecular flexibility index (Phi) is 4.17. The number of aryl methyl sites for hydroxylation is 1. The Bertz CT molecular complexity index is 529. The maximum Gasteiger partial charge on any atom is 0.148 e. The second-order valence-corrected chi connectivity index (χ2v) is 4.04. The molecule has 102 valence electrons. The standard InChI is InChI=1S/C12H16FN5O/c1-19-11-6-10(8(13)5-9(11)14)15-4-2-3-12-16-7-17-18-12/h5-7,15H,2-4,14H2,1H3,(H,16,17,18). The summed E-state index contributed by atoms with van der Waals surface area (Å²) in [5.74, 6) is 0.884. The number of aromatic amines is 1. The van der Waals surface area contributed by atoms with Gasteiger partial charge in [-0.3, -0.25) is 5.10 Å². The van der Waals surface area contributed by atoms with Crippen molar-refractivity contribution in [3.8, 4) is 5.75 Å². The summed E-state index contributed by atoms with van der Waals surface area (Å²) in [6, 6.07) is 2.80. The molecule has 0 spiro atoms. The normalized spacial score (nSPS) is 10.4. The lowest BCUT2D eigenvalue weighted by Gasteiger charge is -2.11. The first-order valence-electron chi connectivity index (χ1n) is 5.92. The first kappa shape index (κ1) is 13.1. The van der Waals surface area contributed by atoms with Gasteiger partial charge in [-0.15, -0.1) is 0 Å². The summed E-state index contributed by atoms with van der Waals surface area (Å²) in [6.45, 7) is 0.616. The fourth-order valence-corrected chi connectivity index (χ4v) is 1.71. The summed E-state index contributed by atoms with van der Waals surface area (Å²) in [6.07, 6.45) is 3.02. The van der Waals surface area contributed by atoms with Crippen LogP contribution in [0.3, 0.4) is 0 Å². The quantitative estimate of drug-likeness (QED) is 0.545. The second kappa shape index (κ2) is 6.03. The second-order valence-electron chi connectivity index (χ2n) is 4.04. The van der Waals surface area contributed by atoms with Crippen molar-refractivity contribution in [1.82, 2.24) is 15.2 Å². The summed E-state index contributed by atoms with van der Waals surface area (Å²) in [5.41, 5.74) is 6.27. The molecule has 0 radical (unpaired) electrons. The van der Waals surface area contributed by atoms with Gasteiger partial charge in [0.05, 0.1) is 18.5 Å². The molecule has 6 nitrogen and oxygen atoms in total. The number of nitrogen functional groups attached to an aromatic ring is 1. The van der Waals surface area contributed by atoms with E-state index in [2.05, 4.69) is 20.5 Å². The smallest absolute Gasteiger partial charge is 0.148 e. The van der Waals surface area contributed by atoms with Crippen LogP contribution in [0, 0.1) is 5.82 Å². The molecule has 0 saturated carbocycles. The molecular formula is C12H16FN5O. The fraction of sp³-hybridized carbons (Fsp3) is 0.333. The van der Waals surface area contributed by atoms with Crippen LogP contribution in [0.1, 0.15) is 12.2 Å². The van der Waals surface area contributed by atoms with E-state index in [1.54, 1.807) is 6.07 Å². The monoisotopic (exact) mass is 265 g/mol. The highest BCUT2D eigenvalue weighted by molar-refractivity contribution is 5.62. The van der Waals surface area contributed by atoms with Gasteiger partial charge in [-0.05, 0) is 6.42 Å². The van der Waals surface area contributed by atoms with E-state index in [-0.39, 0.29) is 5.69 Å². The van der Waals surface area contributed by atoms with Crippen LogP contribution in [0.25, 0.3) is 0 Å². The van der Waals surface area contributed by atoms with Crippen LogP contribution in [0.15, 0.2) is 18.5 Å². The molecule has 0 unspecified atom stereocenters. The van der Waals surface area contributed by atoms with Crippen molar-refractivity contribution >= 4 is 11.4 Å². The van der Waals surface area contributed by atoms with Crippen molar-refractivity contribution in [2.24, 2.45) is 0 Å². The topological polar surface area (TPSA) is 88.8 Å². The van der Waals surface area contributed by atoms with Crippen LogP contribution in [-0.4, -0.2) is 28.8 Å². The zero-order chi connectivity index (χ0) is 13.7. The summed E-state index contributed by atoms with van der Waals surface area (Å²) in [7, 11) is 1.50. The van der Waals surface area contributed by atoms with Crippen molar-refractivity contribution in [3.05, 3.63) is 30.1 Å². The molecular weight excluding hydrogens is 249 g/mol. The van der Waals surface area contributed by atoms with E-state index in [4.69, 9.17) is 10.5 Å². The van der Waals surface area contributed by atoms with E-state index in [0.29, 0.717) is 18.0 Å². The molecule has 0 aliphatic rings. The van der Waals surface area contributed by atoms with Crippen molar-refractivity contribution in [3.63, 3.8) is 0 Å². The SMILES string of the molecule is COc1cc(NCCCc2ncn[nH]2)c(F)cc1N. The van der Waals surface area contributed by atoms with E-state index in [1.807, 2.05) is 0 Å². The van der Waals surface area contributed by atoms with Gasteiger partial charge in [0.1, 0.15) is 23.7 Å². The highest BCUT2D eigenvalue weighted by Gasteiger charge is 2.07. The summed E-state index contributed by atoms with van der Waals surface area (Å²) >= 11 is 0. The number of ether oxygens (including phenoxy) is 1. The molecule has 0 fully saturated rings. The lowest BCUT2D eigenvalue weighted by atomic mass is 10.2. The number of benzene rings is 1. The van der Waals surface area contributed by atoms with Crippen molar-refractivity contribution in [1.29, 1.82) is 0 Å². The van der Waals surface area contributed by atoms with Crippen LogP contribution in [0.2, 0.25) is 0 Å². The Morgan fingerprint density at radius 2 is 2.32 bits per heavy atom. The van der Waals surface area contributed by atoms with E-state index in [1.165, 1.54) is 19.5 Å². The molecule has 7 heteroatoms. The average Bonchev–Trinajstić information content (AvgIpc) is 2.90. The molecule has 1 heterocycles.